The van der Waals surface area contributed by atoms with Gasteiger partial charge < -0.3 is 28.3 Å². The van der Waals surface area contributed by atoms with Gasteiger partial charge in [0.25, 0.3) is 0 Å². The molecular formula is C46H51BrN2O7Si. The summed E-state index contributed by atoms with van der Waals surface area (Å²) in [5.74, 6) is 0.982. The second kappa shape index (κ2) is 20.8. The molecule has 0 N–H and O–H groups in total. The highest BCUT2D eigenvalue weighted by atomic mass is 79.9. The van der Waals surface area contributed by atoms with E-state index in [9.17, 15) is 4.79 Å². The Morgan fingerprint density at radius 3 is 1.70 bits per heavy atom. The molecule has 0 saturated heterocycles. The van der Waals surface area contributed by atoms with Crippen molar-refractivity contribution < 1.29 is 33.1 Å². The van der Waals surface area contributed by atoms with Gasteiger partial charge in [-0.1, -0.05) is 134 Å². The van der Waals surface area contributed by atoms with Crippen LogP contribution in [0.5, 0.6) is 17.2 Å². The summed E-state index contributed by atoms with van der Waals surface area (Å²) in [6.45, 7) is 12.4. The number of rotatable bonds is 19. The van der Waals surface area contributed by atoms with Crippen molar-refractivity contribution in [1.29, 1.82) is 0 Å². The number of methoxy groups -OCH3 is 1. The fraction of sp³-hybridized carbons (Fsp3) is 0.283. The van der Waals surface area contributed by atoms with Crippen LogP contribution in [0, 0.1) is 0 Å². The van der Waals surface area contributed by atoms with E-state index in [1.165, 1.54) is 7.11 Å². The average molecular weight is 852 g/mol. The maximum Gasteiger partial charge on any atom is 0.356 e. The van der Waals surface area contributed by atoms with Crippen LogP contribution in [-0.2, 0) is 56.3 Å². The maximum absolute atomic E-state index is 12.8. The molecule has 5 aromatic carbocycles. The topological polar surface area (TPSA) is 97.2 Å². The van der Waals surface area contributed by atoms with Gasteiger partial charge in [-0.2, -0.15) is 0 Å². The van der Waals surface area contributed by atoms with Crippen LogP contribution < -0.4 is 9.47 Å². The van der Waals surface area contributed by atoms with Crippen molar-refractivity contribution in [3.63, 3.8) is 0 Å². The number of hydrogen-bond donors (Lipinski definition) is 0. The fourth-order valence-electron chi connectivity index (χ4n) is 5.26. The fourth-order valence-corrected chi connectivity index (χ4v) is 6.73. The second-order valence-corrected chi connectivity index (χ2v) is 20.7. The predicted molar refractivity (Wildman–Crippen MR) is 231 cm³/mol. The highest BCUT2D eigenvalue weighted by Crippen LogP contribution is 2.38. The van der Waals surface area contributed by atoms with Crippen LogP contribution in [0.25, 0.3) is 0 Å². The molecule has 0 amide bonds. The lowest BCUT2D eigenvalue weighted by Crippen LogP contribution is -2.42. The van der Waals surface area contributed by atoms with E-state index >= 15 is 0 Å². The van der Waals surface area contributed by atoms with Crippen LogP contribution in [0.2, 0.25) is 18.1 Å². The van der Waals surface area contributed by atoms with Crippen molar-refractivity contribution in [2.24, 2.45) is 10.3 Å². The van der Waals surface area contributed by atoms with Gasteiger partial charge in [0.05, 0.1) is 23.9 Å². The van der Waals surface area contributed by atoms with E-state index in [1.54, 1.807) is 0 Å². The number of ether oxygens (including phenoxy) is 3. The molecule has 0 unspecified atom stereocenters. The molecule has 57 heavy (non-hydrogen) atoms. The van der Waals surface area contributed by atoms with Crippen LogP contribution >= 0.6 is 15.9 Å². The Bertz CT molecular complexity index is 2100. The molecule has 0 spiro atoms. The van der Waals surface area contributed by atoms with E-state index in [0.717, 1.165) is 38.0 Å². The molecule has 0 bridgehead atoms. The van der Waals surface area contributed by atoms with Gasteiger partial charge in [-0.15, -0.1) is 0 Å². The summed E-state index contributed by atoms with van der Waals surface area (Å²) in [6.07, 6.45) is 0.660. The van der Waals surface area contributed by atoms with E-state index in [0.29, 0.717) is 43.5 Å². The molecule has 5 aromatic rings. The number of carbonyl (C=O) groups is 1. The Kier molecular flexibility index (Phi) is 15.6. The predicted octanol–water partition coefficient (Wildman–Crippen LogP) is 11.2. The van der Waals surface area contributed by atoms with Gasteiger partial charge in [-0.25, -0.2) is 4.79 Å². The Hall–Kier alpha value is -5.23. The molecule has 0 atom stereocenters. The van der Waals surface area contributed by atoms with Gasteiger partial charge in [0.1, 0.15) is 25.6 Å². The minimum absolute atomic E-state index is 0.0514. The third kappa shape index (κ3) is 13.4. The first-order valence-electron chi connectivity index (χ1n) is 18.8. The lowest BCUT2D eigenvalue weighted by molar-refractivity contribution is -0.133. The van der Waals surface area contributed by atoms with E-state index in [-0.39, 0.29) is 23.8 Å². The van der Waals surface area contributed by atoms with Gasteiger partial charge in [-0.05, 0) is 86.1 Å². The van der Waals surface area contributed by atoms with Crippen molar-refractivity contribution in [2.75, 3.05) is 13.7 Å². The molecule has 298 valence electrons. The van der Waals surface area contributed by atoms with Gasteiger partial charge in [0, 0.05) is 12.8 Å². The largest absolute Gasteiger partial charge is 0.485 e. The summed E-state index contributed by atoms with van der Waals surface area (Å²) in [6, 6.07) is 40.9. The number of halogens is 1. The van der Waals surface area contributed by atoms with Crippen LogP contribution in [-0.4, -0.2) is 39.4 Å². The first-order valence-corrected chi connectivity index (χ1v) is 22.5. The SMILES string of the molecule is COC(=O)/C(Cc1ccc(OCc2ccccc2)c(Oc2ccc(C/C(CO[Si](C)(C)C(C)(C)C)=N/OCc3ccccc3)cc2Br)c1)=N\OCc1ccccc1. The number of benzene rings is 5. The van der Waals surface area contributed by atoms with E-state index in [1.807, 2.05) is 127 Å². The Morgan fingerprint density at radius 2 is 1.16 bits per heavy atom. The lowest BCUT2D eigenvalue weighted by Gasteiger charge is -2.36. The molecule has 0 aliphatic heterocycles. The quantitative estimate of drug-likeness (QED) is 0.0353. The second-order valence-electron chi connectivity index (χ2n) is 15.0. The molecule has 11 heteroatoms. The van der Waals surface area contributed by atoms with Crippen molar-refractivity contribution in [1.82, 2.24) is 0 Å². The lowest BCUT2D eigenvalue weighted by atomic mass is 10.1. The molecule has 0 radical (unpaired) electrons. The van der Waals surface area contributed by atoms with Crippen molar-refractivity contribution in [2.45, 2.75) is 71.6 Å². The molecule has 0 saturated carbocycles. The molecular weight excluding hydrogens is 801 g/mol. The minimum Gasteiger partial charge on any atom is -0.485 e. The van der Waals surface area contributed by atoms with Crippen LogP contribution in [0.3, 0.4) is 0 Å². The summed E-state index contributed by atoms with van der Waals surface area (Å²) in [7, 11) is -0.729. The van der Waals surface area contributed by atoms with Gasteiger partial charge >= 0.3 is 5.97 Å². The molecule has 0 aliphatic carbocycles. The van der Waals surface area contributed by atoms with E-state index < -0.39 is 14.3 Å². The third-order valence-corrected chi connectivity index (χ3v) is 14.7. The van der Waals surface area contributed by atoms with Gasteiger partial charge in [-0.3, -0.25) is 0 Å². The number of hydrogen-bond acceptors (Lipinski definition) is 9. The number of nitrogens with zero attached hydrogens (tertiary/aromatic N) is 2. The van der Waals surface area contributed by atoms with Crippen molar-refractivity contribution >= 4 is 41.6 Å². The standard InChI is InChI=1S/C46H51BrN2O7Si/c1-46(2,3)57(5,6)55-33-39(48-53-31-35-18-12-8-13-19-35)26-37-22-24-42(40(47)27-37)56-44-29-38(23-25-43(44)52-30-34-16-10-7-11-17-34)28-41(45(50)51-4)49-54-32-36-20-14-9-15-21-36/h7-25,27,29H,26,28,30-33H2,1-6H3/b48-39-,49-41-. The summed E-state index contributed by atoms with van der Waals surface area (Å²) < 4.78 is 25.2. The summed E-state index contributed by atoms with van der Waals surface area (Å²) >= 11 is 3.75. The minimum atomic E-state index is -2.05. The smallest absolute Gasteiger partial charge is 0.356 e. The van der Waals surface area contributed by atoms with Crippen molar-refractivity contribution in [3.8, 4) is 17.2 Å². The van der Waals surface area contributed by atoms with Crippen LogP contribution in [0.1, 0.15) is 48.6 Å². The van der Waals surface area contributed by atoms with Gasteiger partial charge in [0.15, 0.2) is 25.5 Å². The summed E-state index contributed by atoms with van der Waals surface area (Å²) in [5.41, 5.74) is 5.63. The number of oxime groups is 2. The van der Waals surface area contributed by atoms with E-state index in [2.05, 4.69) is 60.1 Å². The maximum atomic E-state index is 12.8. The molecule has 0 heterocycles. The van der Waals surface area contributed by atoms with Crippen LogP contribution in [0.4, 0.5) is 0 Å². The summed E-state index contributed by atoms with van der Waals surface area (Å²) in [4.78, 5) is 24.1. The third-order valence-electron chi connectivity index (χ3n) is 9.58. The first kappa shape index (κ1) is 42.9. The number of carbonyl (C=O) groups excluding carboxylic acids is 1. The normalized spacial score (nSPS) is 12.2. The zero-order chi connectivity index (χ0) is 40.7. The Labute approximate surface area is 345 Å². The van der Waals surface area contributed by atoms with Crippen LogP contribution in [0.15, 0.2) is 142 Å². The molecule has 0 aromatic heterocycles. The molecule has 9 nitrogen and oxygen atoms in total. The molecule has 5 rings (SSSR count). The highest BCUT2D eigenvalue weighted by Gasteiger charge is 2.37. The van der Waals surface area contributed by atoms with Crippen molar-refractivity contribution in [3.05, 3.63) is 160 Å². The Balaban J connectivity index is 1.37. The zero-order valence-corrected chi connectivity index (χ0v) is 36.1. The van der Waals surface area contributed by atoms with Gasteiger partial charge in [0.2, 0.25) is 0 Å². The molecule has 0 fully saturated rings. The first-order chi connectivity index (χ1) is 27.4. The summed E-state index contributed by atoms with van der Waals surface area (Å²) in [5, 5.41) is 8.77. The average Bonchev–Trinajstić information content (AvgIpc) is 3.20. The number of esters is 1. The zero-order valence-electron chi connectivity index (χ0n) is 33.5. The highest BCUT2D eigenvalue weighted by molar-refractivity contribution is 9.10. The monoisotopic (exact) mass is 850 g/mol. The Morgan fingerprint density at radius 1 is 0.632 bits per heavy atom. The molecule has 0 aliphatic rings. The van der Waals surface area contributed by atoms with E-state index in [4.69, 9.17) is 28.3 Å².